The molecule has 0 fully saturated rings. The molecule has 0 saturated carbocycles. The Hall–Kier alpha value is -1.85. The van der Waals surface area contributed by atoms with Crippen molar-refractivity contribution in [2.24, 2.45) is 5.92 Å². The van der Waals surface area contributed by atoms with Crippen molar-refractivity contribution in [2.45, 2.75) is 40.2 Å². The maximum atomic E-state index is 12.5. The average molecular weight is 295 g/mol. The SMILES string of the molecule is CCn1nc(C(C)C)cc1C(=O)N(C)CC(C)C(=O)OC. The van der Waals surface area contributed by atoms with Crippen molar-refractivity contribution >= 4 is 11.9 Å². The number of nitrogens with zero attached hydrogens (tertiary/aromatic N) is 3. The lowest BCUT2D eigenvalue weighted by Crippen LogP contribution is -2.35. The minimum atomic E-state index is -0.355. The highest BCUT2D eigenvalue weighted by Crippen LogP contribution is 2.16. The maximum absolute atomic E-state index is 12.5. The van der Waals surface area contributed by atoms with Crippen LogP contribution in [0.15, 0.2) is 6.07 Å². The molecule has 0 radical (unpaired) electrons. The second-order valence-electron chi connectivity index (χ2n) is 5.53. The monoisotopic (exact) mass is 295 g/mol. The van der Waals surface area contributed by atoms with Gasteiger partial charge in [-0.25, -0.2) is 0 Å². The van der Waals surface area contributed by atoms with Gasteiger partial charge in [0.05, 0.1) is 18.7 Å². The van der Waals surface area contributed by atoms with Crippen LogP contribution in [0.1, 0.15) is 49.8 Å². The molecule has 0 aromatic carbocycles. The minimum absolute atomic E-state index is 0.132. The predicted molar refractivity (Wildman–Crippen MR) is 80.1 cm³/mol. The quantitative estimate of drug-likeness (QED) is 0.752. The Bertz CT molecular complexity index is 508. The van der Waals surface area contributed by atoms with Crippen molar-refractivity contribution in [3.63, 3.8) is 0 Å². The van der Waals surface area contributed by atoms with Crippen molar-refractivity contribution in [1.29, 1.82) is 0 Å². The molecule has 21 heavy (non-hydrogen) atoms. The van der Waals surface area contributed by atoms with E-state index in [1.165, 1.54) is 12.0 Å². The van der Waals surface area contributed by atoms with Crippen LogP contribution in [0.25, 0.3) is 0 Å². The molecule has 1 atom stereocenters. The highest BCUT2D eigenvalue weighted by molar-refractivity contribution is 5.92. The molecule has 1 unspecified atom stereocenters. The molecule has 1 heterocycles. The van der Waals surface area contributed by atoms with Gasteiger partial charge in [0.25, 0.3) is 5.91 Å². The normalized spacial score (nSPS) is 12.3. The van der Waals surface area contributed by atoms with Crippen LogP contribution >= 0.6 is 0 Å². The third-order valence-electron chi connectivity index (χ3n) is 3.41. The summed E-state index contributed by atoms with van der Waals surface area (Å²) in [7, 11) is 3.03. The van der Waals surface area contributed by atoms with Gasteiger partial charge in [0.15, 0.2) is 0 Å². The lowest BCUT2D eigenvalue weighted by molar-refractivity contribution is -0.145. The lowest BCUT2D eigenvalue weighted by Gasteiger charge is -2.20. The summed E-state index contributed by atoms with van der Waals surface area (Å²) in [5.74, 6) is -0.538. The van der Waals surface area contributed by atoms with Gasteiger partial charge in [0.2, 0.25) is 0 Å². The third kappa shape index (κ3) is 4.06. The molecule has 1 aromatic rings. The molecule has 0 aliphatic heterocycles. The van der Waals surface area contributed by atoms with Crippen LogP contribution in [0.4, 0.5) is 0 Å². The molecule has 1 rings (SSSR count). The van der Waals surface area contributed by atoms with E-state index in [0.29, 0.717) is 18.8 Å². The van der Waals surface area contributed by atoms with Crippen LogP contribution in [-0.2, 0) is 16.1 Å². The first-order chi connectivity index (χ1) is 9.81. The first-order valence-corrected chi connectivity index (χ1v) is 7.22. The Balaban J connectivity index is 2.89. The van der Waals surface area contributed by atoms with Crippen molar-refractivity contribution in [3.05, 3.63) is 17.5 Å². The summed E-state index contributed by atoms with van der Waals surface area (Å²) < 4.78 is 6.39. The van der Waals surface area contributed by atoms with Gasteiger partial charge in [-0.1, -0.05) is 20.8 Å². The van der Waals surface area contributed by atoms with Crippen LogP contribution in [0.5, 0.6) is 0 Å². The molecule has 118 valence electrons. The van der Waals surface area contributed by atoms with Crippen molar-refractivity contribution in [1.82, 2.24) is 14.7 Å². The number of carbonyl (C=O) groups is 2. The number of ether oxygens (including phenoxy) is 1. The number of rotatable bonds is 6. The Morgan fingerprint density at radius 1 is 1.38 bits per heavy atom. The molecule has 1 aromatic heterocycles. The summed E-state index contributed by atoms with van der Waals surface area (Å²) in [5.41, 5.74) is 1.45. The number of carbonyl (C=O) groups excluding carboxylic acids is 2. The van der Waals surface area contributed by atoms with Gasteiger partial charge in [-0.15, -0.1) is 0 Å². The average Bonchev–Trinajstić information content (AvgIpc) is 2.89. The highest BCUT2D eigenvalue weighted by Gasteiger charge is 2.23. The van der Waals surface area contributed by atoms with E-state index in [-0.39, 0.29) is 23.7 Å². The van der Waals surface area contributed by atoms with Gasteiger partial charge in [0.1, 0.15) is 5.69 Å². The van der Waals surface area contributed by atoms with E-state index in [1.807, 2.05) is 26.8 Å². The summed E-state index contributed by atoms with van der Waals surface area (Å²) >= 11 is 0. The maximum Gasteiger partial charge on any atom is 0.310 e. The fraction of sp³-hybridized carbons (Fsp3) is 0.667. The second kappa shape index (κ2) is 7.24. The summed E-state index contributed by atoms with van der Waals surface area (Å²) in [6, 6.07) is 1.83. The number of methoxy groups -OCH3 is 1. The van der Waals surface area contributed by atoms with Gasteiger partial charge in [-0.2, -0.15) is 5.10 Å². The fourth-order valence-corrected chi connectivity index (χ4v) is 2.10. The molecular formula is C15H25N3O3. The van der Waals surface area contributed by atoms with E-state index in [4.69, 9.17) is 0 Å². The largest absolute Gasteiger partial charge is 0.469 e. The lowest BCUT2D eigenvalue weighted by atomic mass is 10.1. The molecule has 6 heteroatoms. The zero-order valence-electron chi connectivity index (χ0n) is 13.7. The summed E-state index contributed by atoms with van der Waals surface area (Å²) in [5, 5.41) is 4.44. The predicted octanol–water partition coefficient (Wildman–Crippen LogP) is 1.91. The van der Waals surface area contributed by atoms with E-state index in [9.17, 15) is 9.59 Å². The van der Waals surface area contributed by atoms with Crippen LogP contribution in [0, 0.1) is 5.92 Å². The standard InChI is InChI=1S/C15H25N3O3/c1-7-18-13(8-12(16-18)10(2)3)14(19)17(5)9-11(4)15(20)21-6/h8,10-11H,7,9H2,1-6H3. The Morgan fingerprint density at radius 2 is 2.00 bits per heavy atom. The molecule has 1 amide bonds. The number of aromatic nitrogens is 2. The smallest absolute Gasteiger partial charge is 0.310 e. The second-order valence-corrected chi connectivity index (χ2v) is 5.53. The minimum Gasteiger partial charge on any atom is -0.469 e. The highest BCUT2D eigenvalue weighted by atomic mass is 16.5. The van der Waals surface area contributed by atoms with Crippen LogP contribution in [-0.4, -0.2) is 47.3 Å². The number of esters is 1. The van der Waals surface area contributed by atoms with Crippen LogP contribution < -0.4 is 0 Å². The Morgan fingerprint density at radius 3 is 2.48 bits per heavy atom. The number of hydrogen-bond donors (Lipinski definition) is 0. The molecule has 0 spiro atoms. The van der Waals surface area contributed by atoms with Crippen molar-refractivity contribution in [2.75, 3.05) is 20.7 Å². The van der Waals surface area contributed by atoms with E-state index >= 15 is 0 Å². The van der Waals surface area contributed by atoms with E-state index < -0.39 is 0 Å². The van der Waals surface area contributed by atoms with Gasteiger partial charge in [0, 0.05) is 20.1 Å². The third-order valence-corrected chi connectivity index (χ3v) is 3.41. The zero-order chi connectivity index (χ0) is 16.2. The van der Waals surface area contributed by atoms with Gasteiger partial charge in [-0.05, 0) is 18.9 Å². The van der Waals surface area contributed by atoms with Crippen molar-refractivity contribution in [3.8, 4) is 0 Å². The molecule has 0 aliphatic rings. The van der Waals surface area contributed by atoms with Crippen LogP contribution in [0.3, 0.4) is 0 Å². The Labute approximate surface area is 126 Å². The number of aryl methyl sites for hydroxylation is 1. The first kappa shape index (κ1) is 17.2. The fourth-order valence-electron chi connectivity index (χ4n) is 2.10. The topological polar surface area (TPSA) is 64.4 Å². The van der Waals surface area contributed by atoms with Gasteiger partial charge in [-0.3, -0.25) is 14.3 Å². The number of amides is 1. The Kier molecular flexibility index (Phi) is 5.93. The van der Waals surface area contributed by atoms with Crippen molar-refractivity contribution < 1.29 is 14.3 Å². The molecular weight excluding hydrogens is 270 g/mol. The van der Waals surface area contributed by atoms with Gasteiger partial charge >= 0.3 is 5.97 Å². The molecule has 6 nitrogen and oxygen atoms in total. The zero-order valence-corrected chi connectivity index (χ0v) is 13.7. The van der Waals surface area contributed by atoms with E-state index in [2.05, 4.69) is 9.84 Å². The molecule has 0 bridgehead atoms. The summed E-state index contributed by atoms with van der Waals surface area (Å²) in [4.78, 5) is 25.5. The molecule has 0 N–H and O–H groups in total. The summed E-state index contributed by atoms with van der Waals surface area (Å²) in [6.45, 7) is 8.72. The molecule has 0 aliphatic carbocycles. The number of hydrogen-bond acceptors (Lipinski definition) is 4. The van der Waals surface area contributed by atoms with E-state index in [0.717, 1.165) is 5.69 Å². The molecule has 0 saturated heterocycles. The van der Waals surface area contributed by atoms with Crippen LogP contribution in [0.2, 0.25) is 0 Å². The van der Waals surface area contributed by atoms with E-state index in [1.54, 1.807) is 18.7 Å². The van der Waals surface area contributed by atoms with Gasteiger partial charge < -0.3 is 9.64 Å². The summed E-state index contributed by atoms with van der Waals surface area (Å²) in [6.07, 6.45) is 0. The first-order valence-electron chi connectivity index (χ1n) is 7.22.